The van der Waals surface area contributed by atoms with Crippen LogP contribution in [-0.2, 0) is 14.9 Å². The van der Waals surface area contributed by atoms with Crippen LogP contribution in [0.15, 0.2) is 17.1 Å². The van der Waals surface area contributed by atoms with E-state index in [-0.39, 0.29) is 59.5 Å². The number of carbonyl (C=O) groups excluding carboxylic acids is 1. The summed E-state index contributed by atoms with van der Waals surface area (Å²) in [5.41, 5.74) is 0. The summed E-state index contributed by atoms with van der Waals surface area (Å²) in [5.74, 6) is -0.731. The monoisotopic (exact) mass is 525 g/mol. The van der Waals surface area contributed by atoms with Crippen molar-refractivity contribution in [1.82, 2.24) is 0 Å². The van der Waals surface area contributed by atoms with Gasteiger partial charge in [0, 0.05) is 6.42 Å². The summed E-state index contributed by atoms with van der Waals surface area (Å²) in [6.07, 6.45) is 17.4. The molecular weight excluding hydrogens is 479 g/mol. The second-order valence-corrected chi connectivity index (χ2v) is 10.9. The maximum Gasteiger partial charge on any atom is 1.00 e. The Morgan fingerprint density at radius 2 is 1.63 bits per heavy atom. The van der Waals surface area contributed by atoms with E-state index in [4.69, 9.17) is 0 Å². The number of Topliss-reactive ketones (excluding diaryl/α,β-unsaturated/α-hetero) is 1. The van der Waals surface area contributed by atoms with E-state index in [1.54, 1.807) is 0 Å². The fraction of sp³-hybridized carbons (Fsp3) is 0.840. The second kappa shape index (κ2) is 19.9. The van der Waals surface area contributed by atoms with E-state index < -0.39 is 22.0 Å². The van der Waals surface area contributed by atoms with Crippen molar-refractivity contribution in [1.29, 1.82) is 0 Å². The van der Waals surface area contributed by atoms with Crippen LogP contribution in [-0.4, -0.2) is 83.9 Å². The minimum absolute atomic E-state index is 0. The molecule has 1 aliphatic rings. The van der Waals surface area contributed by atoms with Gasteiger partial charge in [0.05, 0.1) is 29.0 Å². The van der Waals surface area contributed by atoms with Gasteiger partial charge in [-0.05, 0) is 25.7 Å². The molecule has 10 heteroatoms. The molecule has 198 valence electrons. The minimum atomic E-state index is -4.58. The zero-order valence-electron chi connectivity index (χ0n) is 22.0. The Morgan fingerprint density at radius 1 is 1.06 bits per heavy atom. The molecule has 0 saturated heterocycles. The van der Waals surface area contributed by atoms with Gasteiger partial charge in [-0.2, -0.15) is 0 Å². The maximum atomic E-state index is 12.8. The molecule has 1 rings (SSSR count). The molecule has 0 aliphatic carbocycles. The third kappa shape index (κ3) is 15.7. The number of allylic oxidation sites excluding steroid dienone is 2. The predicted molar refractivity (Wildman–Crippen MR) is 135 cm³/mol. The van der Waals surface area contributed by atoms with Crippen molar-refractivity contribution in [3.8, 4) is 0 Å². The molecule has 0 spiro atoms. The second-order valence-electron chi connectivity index (χ2n) is 9.49. The summed E-state index contributed by atoms with van der Waals surface area (Å²) >= 11 is 0. The number of hydrogen-bond acceptors (Lipinski definition) is 7. The SMILES string of the molecule is CCCC/C=C/CCCCCCCCCCC(=O)C1=NCC[N+]1(CCO)CC(O)CS(=O)(=O)[O-].[Na+]. The average molecular weight is 526 g/mol. The molecule has 0 radical (unpaired) electrons. The van der Waals surface area contributed by atoms with E-state index in [0.29, 0.717) is 25.3 Å². The number of unbranched alkanes of at least 4 members (excludes halogenated alkanes) is 10. The molecule has 0 amide bonds. The molecule has 8 nitrogen and oxygen atoms in total. The molecule has 2 atom stereocenters. The Hall–Kier alpha value is -0.130. The number of rotatable bonds is 21. The van der Waals surface area contributed by atoms with Crippen molar-refractivity contribution < 1.29 is 62.0 Å². The number of quaternary nitrogens is 1. The largest absolute Gasteiger partial charge is 1.00 e. The first-order valence-corrected chi connectivity index (χ1v) is 14.6. The molecular formula is C25H46N2NaO6S+. The van der Waals surface area contributed by atoms with E-state index in [2.05, 4.69) is 24.1 Å². The Kier molecular flexibility index (Phi) is 19.8. The Bertz CT molecular complexity index is 744. The van der Waals surface area contributed by atoms with Crippen LogP contribution in [0, 0.1) is 0 Å². The van der Waals surface area contributed by atoms with Crippen LogP contribution in [0.25, 0.3) is 0 Å². The number of ketones is 1. The molecule has 0 aromatic carbocycles. The van der Waals surface area contributed by atoms with Crippen LogP contribution in [0.3, 0.4) is 0 Å². The fourth-order valence-electron chi connectivity index (χ4n) is 4.60. The summed E-state index contributed by atoms with van der Waals surface area (Å²) in [5, 5.41) is 19.6. The van der Waals surface area contributed by atoms with Gasteiger partial charge in [-0.15, -0.1) is 0 Å². The van der Waals surface area contributed by atoms with Gasteiger partial charge in [0.2, 0.25) is 5.78 Å². The Balaban J connectivity index is 0.0000116. The number of aliphatic hydroxyl groups is 2. The molecule has 1 aliphatic heterocycles. The summed E-state index contributed by atoms with van der Waals surface area (Å²) < 4.78 is 32.9. The van der Waals surface area contributed by atoms with Crippen molar-refractivity contribution in [3.63, 3.8) is 0 Å². The number of nitrogens with zero attached hydrogens (tertiary/aromatic N) is 2. The summed E-state index contributed by atoms with van der Waals surface area (Å²) in [7, 11) is -4.58. The molecule has 0 fully saturated rings. The first-order valence-electron chi connectivity index (χ1n) is 13.1. The number of carbonyl (C=O) groups is 1. The van der Waals surface area contributed by atoms with Gasteiger partial charge in [-0.1, -0.05) is 70.4 Å². The molecule has 0 saturated carbocycles. The van der Waals surface area contributed by atoms with Gasteiger partial charge >= 0.3 is 29.6 Å². The van der Waals surface area contributed by atoms with Gasteiger partial charge in [-0.3, -0.25) is 9.28 Å². The zero-order valence-corrected chi connectivity index (χ0v) is 24.8. The Labute approximate surface area is 234 Å². The van der Waals surface area contributed by atoms with E-state index in [9.17, 15) is 28.0 Å². The topological polar surface area (TPSA) is 127 Å². The van der Waals surface area contributed by atoms with Crippen molar-refractivity contribution >= 4 is 21.7 Å². The summed E-state index contributed by atoms with van der Waals surface area (Å²) in [4.78, 5) is 17.2. The molecule has 35 heavy (non-hydrogen) atoms. The van der Waals surface area contributed by atoms with Crippen LogP contribution >= 0.6 is 0 Å². The van der Waals surface area contributed by atoms with Gasteiger partial charge in [0.1, 0.15) is 25.7 Å². The van der Waals surface area contributed by atoms with Gasteiger partial charge in [0.25, 0.3) is 5.84 Å². The molecule has 2 unspecified atom stereocenters. The average Bonchev–Trinajstić information content (AvgIpc) is 3.15. The fourth-order valence-corrected chi connectivity index (χ4v) is 5.18. The smallest absolute Gasteiger partial charge is 0.748 e. The van der Waals surface area contributed by atoms with E-state index in [1.165, 1.54) is 57.8 Å². The van der Waals surface area contributed by atoms with Gasteiger partial charge < -0.3 is 14.8 Å². The van der Waals surface area contributed by atoms with Crippen molar-refractivity contribution in [2.24, 2.45) is 4.99 Å². The van der Waals surface area contributed by atoms with Crippen molar-refractivity contribution in [2.75, 3.05) is 38.5 Å². The third-order valence-electron chi connectivity index (χ3n) is 6.39. The Morgan fingerprint density at radius 3 is 2.20 bits per heavy atom. The normalized spacial score (nSPS) is 19.0. The van der Waals surface area contributed by atoms with Crippen LogP contribution in [0.2, 0.25) is 0 Å². The maximum absolute atomic E-state index is 12.8. The molecule has 0 aromatic rings. The van der Waals surface area contributed by atoms with Crippen molar-refractivity contribution in [2.45, 2.75) is 96.5 Å². The zero-order chi connectivity index (χ0) is 25.3. The van der Waals surface area contributed by atoms with E-state index in [0.717, 1.165) is 19.3 Å². The molecule has 1 heterocycles. The standard InChI is InChI=1S/C25H46N2O6S.Na/c1-2-3-4-5-6-7-8-9-10-11-12-13-14-15-16-24(30)25-26-17-18-27(25,19-20-28)21-23(29)22-34(31,32)33;/h5-6,23,28-29H,2-4,7-22H2,1H3;/q;+1/b6-5+;. The number of amidine groups is 1. The number of aliphatic hydroxyl groups excluding tert-OH is 2. The first kappa shape index (κ1) is 34.9. The van der Waals surface area contributed by atoms with Crippen LogP contribution < -0.4 is 29.6 Å². The minimum Gasteiger partial charge on any atom is -0.748 e. The predicted octanol–water partition coefficient (Wildman–Crippen LogP) is 0.334. The van der Waals surface area contributed by atoms with Crippen LogP contribution in [0.5, 0.6) is 0 Å². The third-order valence-corrected chi connectivity index (χ3v) is 7.18. The van der Waals surface area contributed by atoms with E-state index in [1.807, 2.05) is 0 Å². The number of aliphatic imine (C=N–C) groups is 1. The first-order chi connectivity index (χ1) is 16.2. The van der Waals surface area contributed by atoms with Gasteiger partial charge in [-0.25, -0.2) is 13.4 Å². The summed E-state index contributed by atoms with van der Waals surface area (Å²) in [6, 6.07) is 0. The quantitative estimate of drug-likeness (QED) is 0.0731. The van der Waals surface area contributed by atoms with Gasteiger partial charge in [0.15, 0.2) is 0 Å². The number of hydrogen-bond donors (Lipinski definition) is 2. The summed E-state index contributed by atoms with van der Waals surface area (Å²) in [6.45, 7) is 2.83. The van der Waals surface area contributed by atoms with Crippen LogP contribution in [0.4, 0.5) is 0 Å². The molecule has 0 bridgehead atoms. The molecule has 2 N–H and O–H groups in total. The van der Waals surface area contributed by atoms with Crippen molar-refractivity contribution in [3.05, 3.63) is 12.2 Å². The molecule has 0 aromatic heterocycles. The van der Waals surface area contributed by atoms with Crippen LogP contribution in [0.1, 0.15) is 90.4 Å². The van der Waals surface area contributed by atoms with E-state index >= 15 is 0 Å².